The first-order chi connectivity index (χ1) is 58.5. The number of allylic oxidation sites excluding steroid dienone is 1. The van der Waals surface area contributed by atoms with Crippen molar-refractivity contribution in [3.05, 3.63) is 241 Å². The number of aliphatic imine (C=N–C) groups is 1. The predicted octanol–water partition coefficient (Wildman–Crippen LogP) is 24.9. The summed E-state index contributed by atoms with van der Waals surface area (Å²) in [5, 5.41) is 15.6. The first-order valence-corrected chi connectivity index (χ1v) is 44.7. The summed E-state index contributed by atoms with van der Waals surface area (Å²) in [4.78, 5) is 93.0. The third-order valence-corrected chi connectivity index (χ3v) is 25.1. The molecule has 18 nitrogen and oxygen atoms in total. The molecule has 0 spiro atoms. The van der Waals surface area contributed by atoms with Gasteiger partial charge in [-0.1, -0.05) is 245 Å². The van der Waals surface area contributed by atoms with Gasteiger partial charge in [-0.05, 0) is 204 Å². The second-order valence-electron chi connectivity index (χ2n) is 37.8. The smallest absolute Gasteiger partial charge is 0.480 e. The maximum absolute atomic E-state index is 15.8. The van der Waals surface area contributed by atoms with Crippen LogP contribution in [-0.4, -0.2) is 86.4 Å². The molecule has 9 aromatic rings. The van der Waals surface area contributed by atoms with Crippen molar-refractivity contribution in [1.29, 1.82) is 0 Å². The number of alkyl halides is 3. The molecular weight excluding hydrogens is 1670 g/mol. The Morgan fingerprint density at radius 3 is 1.34 bits per heavy atom. The number of nitrogens with one attached hydrogen (secondary N) is 2. The second-order valence-corrected chi connectivity index (χ2v) is 39.6. The number of amides is 2. The number of aromatic nitrogens is 1. The molecule has 2 amide bonds. The molecule has 126 heavy (non-hydrogen) atoms. The summed E-state index contributed by atoms with van der Waals surface area (Å²) in [6.07, 6.45) is 8.60. The van der Waals surface area contributed by atoms with Gasteiger partial charge in [-0.3, -0.25) is 14.4 Å². The van der Waals surface area contributed by atoms with Gasteiger partial charge in [0.05, 0.1) is 34.2 Å². The Morgan fingerprint density at radius 1 is 0.548 bits per heavy atom. The third kappa shape index (κ3) is 24.4. The van der Waals surface area contributed by atoms with E-state index in [1.807, 2.05) is 130 Å². The average molecular weight is 1800 g/mol. The Labute approximate surface area is 755 Å². The fraction of sp³-hybridized carbons (Fsp3) is 0.437. The summed E-state index contributed by atoms with van der Waals surface area (Å²) in [7, 11) is -4.64. The summed E-state index contributed by atoms with van der Waals surface area (Å²) < 4.78 is 81.0. The third-order valence-electron chi connectivity index (χ3n) is 24.0. The van der Waals surface area contributed by atoms with Gasteiger partial charge in [-0.25, -0.2) is 32.2 Å². The number of carbonyl (C=O) groups is 6. The number of hydrogen-bond acceptors (Lipinski definition) is 12. The molecule has 7 aromatic carbocycles. The molecule has 2 aliphatic carbocycles. The molecule has 3 heterocycles. The van der Waals surface area contributed by atoms with E-state index in [1.165, 1.54) is 22.3 Å². The van der Waals surface area contributed by atoms with Crippen LogP contribution in [0, 0.1) is 84.9 Å². The monoisotopic (exact) mass is 1790 g/mol. The molecule has 0 bridgehead atoms. The number of sulfonamides is 1. The van der Waals surface area contributed by atoms with E-state index < -0.39 is 57.5 Å². The van der Waals surface area contributed by atoms with Gasteiger partial charge in [0, 0.05) is 84.5 Å². The van der Waals surface area contributed by atoms with Crippen molar-refractivity contribution in [3.63, 3.8) is 0 Å². The standard InChI is InChI=1S/C69H86N4O6.C30H33O3.C2H3F3NO2S.C2H4O2.Zn/c1-40-35-48(66(5,6)7)58(49(36-40)67(8,9)10)78-64(76)56-54(44-29-19-17-20-30-44)52(70-60(56)72-62(74)46-33-25-23-27-42(46)3)39-53-55(45-31-21-18-22-32-45)57(61(71-53)73-63(75)47-34-26-24-28-43(47)4)65(77)79-59-50(68(11,12)13)37-41(2)38-51(59)69(14,15)16;1-6-11-21-17-27-25(15-19(21)4)29(23-13-9-10-14-24(23)30(31)32-8-3)26-16-20(5)22(12-7-2)18-28(26)33-27;1-6-9(7,8)2(3,4)5;1-2(3)4;/h17-34,39-41,48-51,58-59H,35-38H2,1-16H3,(H3,70,71,72,73,74,75,76,77);9-10,13-18H,6-8,11-12H2,1-5H3;1H3;1H3,(H,3,4);/q;+1;-1;;/p-1. The molecule has 4 atom stereocenters. The molecule has 2 fully saturated rings. The maximum atomic E-state index is 15.8. The van der Waals surface area contributed by atoms with Gasteiger partial charge in [-0.2, -0.15) is 20.2 Å². The minimum absolute atomic E-state index is 0. The number of hydrogen-bond donors (Lipinski definition) is 3. The Bertz CT molecular complexity index is 5530. The molecule has 4 unspecified atom stereocenters. The average Bonchev–Trinajstić information content (AvgIpc) is 1.74. The quantitative estimate of drug-likeness (QED) is 0.0237. The maximum Gasteiger partial charge on any atom is 0.480 e. The van der Waals surface area contributed by atoms with Crippen molar-refractivity contribution in [2.45, 2.75) is 221 Å². The largest absolute Gasteiger partial charge is 0.544 e. The number of carboxylic acid groups (broad SMARTS) is 1. The van der Waals surface area contributed by atoms with Gasteiger partial charge >= 0.3 is 34.6 Å². The predicted molar refractivity (Wildman–Crippen MR) is 494 cm³/mol. The van der Waals surface area contributed by atoms with Crippen LogP contribution >= 0.6 is 0 Å². The van der Waals surface area contributed by atoms with Crippen LogP contribution in [0.1, 0.15) is 249 Å². The molecule has 2 saturated carbocycles. The first kappa shape index (κ1) is 101. The van der Waals surface area contributed by atoms with E-state index in [2.05, 4.69) is 164 Å². The van der Waals surface area contributed by atoms with Gasteiger partial charge in [0.25, 0.3) is 11.9 Å². The van der Waals surface area contributed by atoms with Crippen molar-refractivity contribution in [2.75, 3.05) is 19.0 Å². The van der Waals surface area contributed by atoms with E-state index in [9.17, 15) is 36.0 Å². The molecule has 1 aliphatic heterocycles. The van der Waals surface area contributed by atoms with Gasteiger partial charge in [0.2, 0.25) is 0 Å². The van der Waals surface area contributed by atoms with Crippen LogP contribution < -0.4 is 15.6 Å². The Morgan fingerprint density at radius 2 is 0.944 bits per heavy atom. The van der Waals surface area contributed by atoms with Crippen LogP contribution in [0.3, 0.4) is 0 Å². The normalized spacial score (nSPS) is 18.9. The zero-order valence-electron chi connectivity index (χ0n) is 77.5. The number of rotatable bonds is 18. The SMILES string of the molecule is CC(=O)O.CCCc1cc2[o+]c3cc(CCC)c(C)cc3c(-c3ccccc3C(=O)OCC)c2cc1C.C[N-]S(=O)(=O)C(F)(F)F.Cc1ccccc1C(=O)NC1=NC(=Cc2[n-]c(NC(=O)c3ccccc3C)c(C(=O)OC3C(C(C)(C)C)CC(C)CC3C(C)(C)C)c2-c2ccccc2)C(c2ccccc2)=C1C(=O)OC1C(C(C)(C)C)CC(C)CC1C(C)(C)C.[Zn]. The zero-order valence-corrected chi connectivity index (χ0v) is 81.3. The Hall–Kier alpha value is -10.2. The van der Waals surface area contributed by atoms with Crippen molar-refractivity contribution in [2.24, 2.45) is 62.2 Å². The van der Waals surface area contributed by atoms with E-state index in [-0.39, 0.29) is 93.6 Å². The molecule has 670 valence electrons. The van der Waals surface area contributed by atoms with Crippen LogP contribution in [0.2, 0.25) is 0 Å². The number of carbonyl (C=O) groups excluding carboxylic acids is 5. The number of anilines is 1. The number of nitrogens with zero attached hydrogens (tertiary/aromatic N) is 3. The molecule has 12 rings (SSSR count). The van der Waals surface area contributed by atoms with Crippen LogP contribution in [0.5, 0.6) is 0 Å². The molecule has 3 aliphatic rings. The Balaban J connectivity index is 0.000000341. The van der Waals surface area contributed by atoms with Crippen LogP contribution in [0.15, 0.2) is 178 Å². The number of ether oxygens (including phenoxy) is 3. The van der Waals surface area contributed by atoms with Gasteiger partial charge in [0.15, 0.2) is 15.9 Å². The van der Waals surface area contributed by atoms with Gasteiger partial charge < -0.3 is 39.7 Å². The van der Waals surface area contributed by atoms with E-state index >= 15 is 9.59 Å². The first-order valence-electron chi connectivity index (χ1n) is 43.3. The summed E-state index contributed by atoms with van der Waals surface area (Å²) >= 11 is 0. The molecule has 0 saturated heterocycles. The Kier molecular flexibility index (Phi) is 33.8. The summed E-state index contributed by atoms with van der Waals surface area (Å²) in [5.74, 6) is -2.19. The second kappa shape index (κ2) is 42.1. The van der Waals surface area contributed by atoms with Crippen LogP contribution in [0.25, 0.3) is 60.6 Å². The number of benzene rings is 7. The van der Waals surface area contributed by atoms with Crippen molar-refractivity contribution in [1.82, 2.24) is 10.3 Å². The number of esters is 3. The number of fused-ring (bicyclic) bond motifs is 2. The minimum Gasteiger partial charge on any atom is -0.544 e. The van der Waals surface area contributed by atoms with Gasteiger partial charge in [-0.15, -0.1) is 0 Å². The number of aryl methyl sites for hydroxylation is 6. The molecule has 23 heteroatoms. The number of halogens is 3. The fourth-order valence-corrected chi connectivity index (χ4v) is 17.8. The van der Waals surface area contributed by atoms with E-state index in [4.69, 9.17) is 38.5 Å². The van der Waals surface area contributed by atoms with Crippen molar-refractivity contribution in [3.8, 4) is 22.3 Å². The number of aliphatic carboxylic acids is 1. The summed E-state index contributed by atoms with van der Waals surface area (Å²) in [5.41, 5.74) is 8.55. The fourth-order valence-electron chi connectivity index (χ4n) is 17.6. The molecular formula is C103H125F3N5O13SZn-. The van der Waals surface area contributed by atoms with E-state index in [0.717, 1.165) is 102 Å². The summed E-state index contributed by atoms with van der Waals surface area (Å²) in [6, 6.07) is 50.2. The number of carboxylic acids is 1. The number of amidine groups is 1. The molecule has 2 aromatic heterocycles. The van der Waals surface area contributed by atoms with E-state index in [0.29, 0.717) is 75.8 Å². The van der Waals surface area contributed by atoms with E-state index in [1.54, 1.807) is 30.3 Å². The summed E-state index contributed by atoms with van der Waals surface area (Å²) in [6.45, 7) is 46.9. The minimum atomic E-state index is -5.25. The topological polar surface area (TPSA) is 260 Å². The molecule has 3 N–H and O–H groups in total. The van der Waals surface area contributed by atoms with Crippen molar-refractivity contribution >= 4 is 91.0 Å². The van der Waals surface area contributed by atoms with Gasteiger partial charge in [0.1, 0.15) is 23.6 Å². The zero-order chi connectivity index (χ0) is 92.3. The molecule has 0 radical (unpaired) electrons. The van der Waals surface area contributed by atoms with Crippen LogP contribution in [-0.2, 0) is 66.1 Å². The van der Waals surface area contributed by atoms with Crippen LogP contribution in [0.4, 0.5) is 19.0 Å². The van der Waals surface area contributed by atoms with Crippen molar-refractivity contribution < 1.29 is 93.6 Å².